The van der Waals surface area contributed by atoms with Gasteiger partial charge in [0.05, 0.1) is 6.54 Å². The second kappa shape index (κ2) is 9.12. The average Bonchev–Trinajstić information content (AvgIpc) is 2.70. The van der Waals surface area contributed by atoms with E-state index in [2.05, 4.69) is 16.0 Å². The highest BCUT2D eigenvalue weighted by Crippen LogP contribution is 2.30. The normalized spacial score (nSPS) is 16.2. The second-order valence-corrected chi connectivity index (χ2v) is 6.93. The van der Waals surface area contributed by atoms with Crippen LogP contribution in [0.4, 0.5) is 10.5 Å². The Balaban J connectivity index is 1.51. The van der Waals surface area contributed by atoms with Crippen molar-refractivity contribution >= 4 is 17.6 Å². The molecule has 3 amide bonds. The smallest absolute Gasteiger partial charge is 0.319 e. The highest BCUT2D eigenvalue weighted by atomic mass is 16.6. The van der Waals surface area contributed by atoms with Gasteiger partial charge in [-0.3, -0.25) is 4.79 Å². The van der Waals surface area contributed by atoms with E-state index < -0.39 is 12.1 Å². The Bertz CT molecular complexity index is 810. The zero-order chi connectivity index (χ0) is 19.9. The fraction of sp³-hybridized carbons (Fsp3) is 0.333. The highest BCUT2D eigenvalue weighted by Gasteiger charge is 2.26. The van der Waals surface area contributed by atoms with E-state index in [9.17, 15) is 9.59 Å². The number of benzene rings is 2. The van der Waals surface area contributed by atoms with Gasteiger partial charge in [0.15, 0.2) is 11.5 Å². The molecule has 7 nitrogen and oxygen atoms in total. The SMILES string of the molecule is CC(C)[C@@H](NC(=O)Nc1ccccc1)C(=O)NC[C@@H]1COc2ccccc2O1. The van der Waals surface area contributed by atoms with Crippen LogP contribution in [0, 0.1) is 5.92 Å². The molecule has 2 aromatic carbocycles. The summed E-state index contributed by atoms with van der Waals surface area (Å²) >= 11 is 0. The standard InChI is InChI=1S/C21H25N3O4/c1-14(2)19(24-21(26)23-15-8-4-3-5-9-15)20(25)22-12-16-13-27-17-10-6-7-11-18(17)28-16/h3-11,14,16,19H,12-13H2,1-2H3,(H,22,25)(H2,23,24,26)/t16-,19-/m1/s1. The first-order valence-corrected chi connectivity index (χ1v) is 9.31. The number of ether oxygens (including phenoxy) is 2. The first kappa shape index (κ1) is 19.5. The van der Waals surface area contributed by atoms with Gasteiger partial charge in [-0.2, -0.15) is 0 Å². The zero-order valence-corrected chi connectivity index (χ0v) is 16.0. The summed E-state index contributed by atoms with van der Waals surface area (Å²) in [4.78, 5) is 24.8. The molecule has 28 heavy (non-hydrogen) atoms. The lowest BCUT2D eigenvalue weighted by molar-refractivity contribution is -0.124. The Morgan fingerprint density at radius 1 is 1.04 bits per heavy atom. The Morgan fingerprint density at radius 3 is 2.43 bits per heavy atom. The van der Waals surface area contributed by atoms with Gasteiger partial charge >= 0.3 is 6.03 Å². The molecule has 3 rings (SSSR count). The Labute approximate surface area is 164 Å². The summed E-state index contributed by atoms with van der Waals surface area (Å²) in [6, 6.07) is 15.4. The molecule has 2 aromatic rings. The van der Waals surface area contributed by atoms with Crippen LogP contribution < -0.4 is 25.4 Å². The van der Waals surface area contributed by atoms with E-state index in [1.807, 2.05) is 56.3 Å². The van der Waals surface area contributed by atoms with Gasteiger partial charge in [0.25, 0.3) is 0 Å². The summed E-state index contributed by atoms with van der Waals surface area (Å²) in [6.45, 7) is 4.40. The number of anilines is 1. The molecule has 1 aliphatic heterocycles. The molecule has 0 aromatic heterocycles. The van der Waals surface area contributed by atoms with Crippen LogP contribution in [0.2, 0.25) is 0 Å². The van der Waals surface area contributed by atoms with Gasteiger partial charge < -0.3 is 25.4 Å². The molecule has 7 heteroatoms. The first-order valence-electron chi connectivity index (χ1n) is 9.31. The third-order valence-electron chi connectivity index (χ3n) is 4.34. The predicted octanol–water partition coefficient (Wildman–Crippen LogP) is 2.79. The minimum Gasteiger partial charge on any atom is -0.486 e. The van der Waals surface area contributed by atoms with Crippen LogP contribution in [0.3, 0.4) is 0 Å². The molecule has 0 aliphatic carbocycles. The van der Waals surface area contributed by atoms with E-state index in [0.717, 1.165) is 0 Å². The van der Waals surface area contributed by atoms with E-state index in [-0.39, 0.29) is 17.9 Å². The molecule has 0 unspecified atom stereocenters. The van der Waals surface area contributed by atoms with Crippen molar-refractivity contribution in [3.8, 4) is 11.5 Å². The van der Waals surface area contributed by atoms with Crippen molar-refractivity contribution in [2.45, 2.75) is 26.0 Å². The van der Waals surface area contributed by atoms with E-state index in [4.69, 9.17) is 9.47 Å². The number of hydrogen-bond acceptors (Lipinski definition) is 4. The lowest BCUT2D eigenvalue weighted by Gasteiger charge is -2.28. The summed E-state index contributed by atoms with van der Waals surface area (Å²) in [6.07, 6.45) is -0.287. The maximum absolute atomic E-state index is 12.6. The molecule has 1 aliphatic rings. The minimum absolute atomic E-state index is 0.0780. The fourth-order valence-corrected chi connectivity index (χ4v) is 2.85. The van der Waals surface area contributed by atoms with Crippen molar-refractivity contribution in [1.29, 1.82) is 0 Å². The average molecular weight is 383 g/mol. The molecule has 1 heterocycles. The molecular weight excluding hydrogens is 358 g/mol. The number of amides is 3. The van der Waals surface area contributed by atoms with Crippen LogP contribution in [0.1, 0.15) is 13.8 Å². The second-order valence-electron chi connectivity index (χ2n) is 6.93. The van der Waals surface area contributed by atoms with Gasteiger partial charge in [-0.05, 0) is 30.2 Å². The lowest BCUT2D eigenvalue weighted by atomic mass is 10.0. The van der Waals surface area contributed by atoms with Crippen LogP contribution in [-0.2, 0) is 4.79 Å². The third-order valence-corrected chi connectivity index (χ3v) is 4.34. The van der Waals surface area contributed by atoms with E-state index in [1.165, 1.54) is 0 Å². The molecule has 2 atom stereocenters. The predicted molar refractivity (Wildman–Crippen MR) is 107 cm³/mol. The summed E-state index contributed by atoms with van der Waals surface area (Å²) in [7, 11) is 0. The number of nitrogens with one attached hydrogen (secondary N) is 3. The van der Waals surface area contributed by atoms with E-state index in [0.29, 0.717) is 30.3 Å². The summed E-state index contributed by atoms with van der Waals surface area (Å²) in [5.41, 5.74) is 0.661. The largest absolute Gasteiger partial charge is 0.486 e. The number of fused-ring (bicyclic) bond motifs is 1. The first-order chi connectivity index (χ1) is 13.5. The van der Waals surface area contributed by atoms with E-state index in [1.54, 1.807) is 12.1 Å². The number of carbonyl (C=O) groups is 2. The van der Waals surface area contributed by atoms with Gasteiger partial charge in [0.1, 0.15) is 18.8 Å². The molecule has 0 radical (unpaired) electrons. The van der Waals surface area contributed by atoms with Crippen molar-refractivity contribution in [2.75, 3.05) is 18.5 Å². The number of para-hydroxylation sites is 3. The molecule has 0 spiro atoms. The fourth-order valence-electron chi connectivity index (χ4n) is 2.85. The highest BCUT2D eigenvalue weighted by molar-refractivity contribution is 5.93. The van der Waals surface area contributed by atoms with Gasteiger partial charge in [-0.15, -0.1) is 0 Å². The minimum atomic E-state index is -0.666. The molecule has 3 N–H and O–H groups in total. The van der Waals surface area contributed by atoms with Crippen LogP contribution in [0.5, 0.6) is 11.5 Å². The summed E-state index contributed by atoms with van der Waals surface area (Å²) in [5, 5.41) is 8.31. The van der Waals surface area contributed by atoms with Gasteiger partial charge in [0.2, 0.25) is 5.91 Å². The van der Waals surface area contributed by atoms with Crippen LogP contribution in [-0.4, -0.2) is 37.2 Å². The van der Waals surface area contributed by atoms with Crippen molar-refractivity contribution in [1.82, 2.24) is 10.6 Å². The number of urea groups is 1. The number of carbonyl (C=O) groups excluding carboxylic acids is 2. The monoisotopic (exact) mass is 383 g/mol. The maximum atomic E-state index is 12.6. The van der Waals surface area contributed by atoms with Crippen molar-refractivity contribution in [3.05, 3.63) is 54.6 Å². The maximum Gasteiger partial charge on any atom is 0.319 e. The zero-order valence-electron chi connectivity index (χ0n) is 16.0. The van der Waals surface area contributed by atoms with Crippen LogP contribution in [0.15, 0.2) is 54.6 Å². The van der Waals surface area contributed by atoms with Crippen molar-refractivity contribution in [3.63, 3.8) is 0 Å². The Hall–Kier alpha value is -3.22. The Morgan fingerprint density at radius 2 is 1.71 bits per heavy atom. The third kappa shape index (κ3) is 5.16. The van der Waals surface area contributed by atoms with Crippen molar-refractivity contribution < 1.29 is 19.1 Å². The Kier molecular flexibility index (Phi) is 6.37. The molecule has 0 saturated heterocycles. The molecule has 0 saturated carbocycles. The van der Waals surface area contributed by atoms with Crippen LogP contribution in [0.25, 0.3) is 0 Å². The van der Waals surface area contributed by atoms with Crippen LogP contribution >= 0.6 is 0 Å². The molecule has 148 valence electrons. The molecular formula is C21H25N3O4. The molecule has 0 fully saturated rings. The van der Waals surface area contributed by atoms with Crippen molar-refractivity contribution in [2.24, 2.45) is 5.92 Å². The summed E-state index contributed by atoms with van der Waals surface area (Å²) < 4.78 is 11.5. The topological polar surface area (TPSA) is 88.7 Å². The van der Waals surface area contributed by atoms with Gasteiger partial charge in [-0.25, -0.2) is 4.79 Å². The lowest BCUT2D eigenvalue weighted by Crippen LogP contribution is -2.53. The van der Waals surface area contributed by atoms with E-state index >= 15 is 0 Å². The van der Waals surface area contributed by atoms with Gasteiger partial charge in [-0.1, -0.05) is 44.2 Å². The quantitative estimate of drug-likeness (QED) is 0.716. The van der Waals surface area contributed by atoms with Gasteiger partial charge in [0, 0.05) is 5.69 Å². The number of rotatable bonds is 6. The molecule has 0 bridgehead atoms. The number of hydrogen-bond donors (Lipinski definition) is 3. The summed E-state index contributed by atoms with van der Waals surface area (Å²) in [5.74, 6) is 1.02.